The first kappa shape index (κ1) is 16.8. The fraction of sp³-hybridized carbons (Fsp3) is 0.333. The SMILES string of the molecule is O=C(N[C@H](c1ccccc1)c1ccc2nc[nH]c2c1)[C@H]1CCC[C@@H](O)C1. The fourth-order valence-electron chi connectivity index (χ4n) is 3.80. The number of carbonyl (C=O) groups is 1. The number of nitrogens with zero attached hydrogens (tertiary/aromatic N) is 1. The number of aromatic amines is 1. The predicted molar refractivity (Wildman–Crippen MR) is 100 cm³/mol. The molecule has 1 amide bonds. The maximum Gasteiger partial charge on any atom is 0.223 e. The van der Waals surface area contributed by atoms with E-state index in [0.717, 1.165) is 41.4 Å². The summed E-state index contributed by atoms with van der Waals surface area (Å²) in [6.07, 6.45) is 4.39. The summed E-state index contributed by atoms with van der Waals surface area (Å²) in [7, 11) is 0. The van der Waals surface area contributed by atoms with Crippen LogP contribution in [0.2, 0.25) is 0 Å². The van der Waals surface area contributed by atoms with Gasteiger partial charge in [-0.3, -0.25) is 4.79 Å². The maximum absolute atomic E-state index is 12.9. The molecule has 3 N–H and O–H groups in total. The first-order valence-corrected chi connectivity index (χ1v) is 9.17. The molecule has 1 aliphatic carbocycles. The Morgan fingerprint density at radius 1 is 1.15 bits per heavy atom. The van der Waals surface area contributed by atoms with Crippen LogP contribution in [0.1, 0.15) is 42.9 Å². The van der Waals surface area contributed by atoms with E-state index >= 15 is 0 Å². The Morgan fingerprint density at radius 3 is 2.81 bits per heavy atom. The van der Waals surface area contributed by atoms with E-state index in [1.54, 1.807) is 6.33 Å². The molecule has 4 rings (SSSR count). The molecule has 0 spiro atoms. The second-order valence-corrected chi connectivity index (χ2v) is 7.05. The molecule has 26 heavy (non-hydrogen) atoms. The normalized spacial score (nSPS) is 21.4. The highest BCUT2D eigenvalue weighted by molar-refractivity contribution is 5.80. The number of hydrogen-bond donors (Lipinski definition) is 3. The van der Waals surface area contributed by atoms with Gasteiger partial charge < -0.3 is 15.4 Å². The molecule has 0 radical (unpaired) electrons. The summed E-state index contributed by atoms with van der Waals surface area (Å²) in [5.74, 6) is -0.108. The van der Waals surface area contributed by atoms with Gasteiger partial charge in [-0.2, -0.15) is 0 Å². The Morgan fingerprint density at radius 2 is 2.00 bits per heavy atom. The number of imidazole rings is 1. The average molecular weight is 349 g/mol. The van der Waals surface area contributed by atoms with Gasteiger partial charge in [-0.05, 0) is 42.5 Å². The largest absolute Gasteiger partial charge is 0.393 e. The Bertz CT molecular complexity index is 890. The fourth-order valence-corrected chi connectivity index (χ4v) is 3.80. The van der Waals surface area contributed by atoms with E-state index < -0.39 is 0 Å². The molecular weight excluding hydrogens is 326 g/mol. The molecule has 5 nitrogen and oxygen atoms in total. The van der Waals surface area contributed by atoms with Crippen molar-refractivity contribution in [2.75, 3.05) is 0 Å². The molecule has 5 heteroatoms. The van der Waals surface area contributed by atoms with Crippen LogP contribution in [-0.2, 0) is 4.79 Å². The molecule has 1 aliphatic rings. The van der Waals surface area contributed by atoms with Crippen molar-refractivity contribution in [1.29, 1.82) is 0 Å². The van der Waals surface area contributed by atoms with E-state index in [4.69, 9.17) is 0 Å². The highest BCUT2D eigenvalue weighted by Crippen LogP contribution is 2.28. The number of amides is 1. The highest BCUT2D eigenvalue weighted by Gasteiger charge is 2.28. The van der Waals surface area contributed by atoms with Crippen molar-refractivity contribution in [3.05, 3.63) is 66.0 Å². The van der Waals surface area contributed by atoms with Gasteiger partial charge >= 0.3 is 0 Å². The van der Waals surface area contributed by atoms with Crippen LogP contribution in [0.3, 0.4) is 0 Å². The Hall–Kier alpha value is -2.66. The van der Waals surface area contributed by atoms with E-state index in [2.05, 4.69) is 15.3 Å². The summed E-state index contributed by atoms with van der Waals surface area (Å²) in [6, 6.07) is 15.8. The van der Waals surface area contributed by atoms with Crippen molar-refractivity contribution in [2.24, 2.45) is 5.92 Å². The van der Waals surface area contributed by atoms with E-state index in [1.807, 2.05) is 48.5 Å². The molecule has 1 fully saturated rings. The van der Waals surface area contributed by atoms with Crippen molar-refractivity contribution in [3.63, 3.8) is 0 Å². The van der Waals surface area contributed by atoms with Gasteiger partial charge in [-0.15, -0.1) is 0 Å². The molecule has 2 aromatic carbocycles. The van der Waals surface area contributed by atoms with Gasteiger partial charge in [0.15, 0.2) is 0 Å². The van der Waals surface area contributed by atoms with Gasteiger partial charge in [0.05, 0.1) is 29.5 Å². The summed E-state index contributed by atoms with van der Waals surface area (Å²) in [6.45, 7) is 0. The topological polar surface area (TPSA) is 78.0 Å². The quantitative estimate of drug-likeness (QED) is 0.676. The van der Waals surface area contributed by atoms with E-state index in [-0.39, 0.29) is 24.0 Å². The zero-order valence-electron chi connectivity index (χ0n) is 14.6. The number of hydrogen-bond acceptors (Lipinski definition) is 3. The zero-order valence-corrected chi connectivity index (χ0v) is 14.6. The standard InChI is InChI=1S/C21H23N3O2/c25-17-8-4-7-16(11-17)21(26)24-20(14-5-2-1-3-6-14)15-9-10-18-19(12-15)23-13-22-18/h1-3,5-6,9-10,12-13,16-17,20,25H,4,7-8,11H2,(H,22,23)(H,24,26)/t16-,17+,20+/m0/s1. The molecular formula is C21H23N3O2. The van der Waals surface area contributed by atoms with Crippen LogP contribution in [-0.4, -0.2) is 27.1 Å². The summed E-state index contributed by atoms with van der Waals surface area (Å²) in [5, 5.41) is 13.1. The molecule has 0 aliphatic heterocycles. The van der Waals surface area contributed by atoms with E-state index in [9.17, 15) is 9.90 Å². The van der Waals surface area contributed by atoms with Crippen molar-refractivity contribution in [3.8, 4) is 0 Å². The number of aliphatic hydroxyl groups excluding tert-OH is 1. The molecule has 1 heterocycles. The van der Waals surface area contributed by atoms with Gasteiger partial charge in [-0.25, -0.2) is 4.98 Å². The second kappa shape index (κ2) is 7.30. The number of nitrogens with one attached hydrogen (secondary N) is 2. The van der Waals surface area contributed by atoms with Gasteiger partial charge in [-0.1, -0.05) is 42.8 Å². The first-order chi connectivity index (χ1) is 12.7. The smallest absolute Gasteiger partial charge is 0.223 e. The minimum atomic E-state index is -0.365. The predicted octanol–water partition coefficient (Wildman–Crippen LogP) is 3.32. The third-order valence-electron chi connectivity index (χ3n) is 5.21. The minimum absolute atomic E-state index is 0.0160. The Balaban J connectivity index is 1.63. The Labute approximate surface area is 152 Å². The monoisotopic (exact) mass is 349 g/mol. The Kier molecular flexibility index (Phi) is 4.71. The zero-order chi connectivity index (χ0) is 17.9. The summed E-state index contributed by atoms with van der Waals surface area (Å²) in [5.41, 5.74) is 3.90. The highest BCUT2D eigenvalue weighted by atomic mass is 16.3. The summed E-state index contributed by atoms with van der Waals surface area (Å²) < 4.78 is 0. The molecule has 0 unspecified atom stereocenters. The lowest BCUT2D eigenvalue weighted by atomic mass is 9.86. The van der Waals surface area contributed by atoms with Gasteiger partial charge in [0.25, 0.3) is 0 Å². The van der Waals surface area contributed by atoms with Crippen LogP contribution >= 0.6 is 0 Å². The molecule has 3 atom stereocenters. The average Bonchev–Trinajstić information content (AvgIpc) is 3.14. The maximum atomic E-state index is 12.9. The molecule has 1 aromatic heterocycles. The summed E-state index contributed by atoms with van der Waals surface area (Å²) >= 11 is 0. The van der Waals surface area contributed by atoms with Crippen molar-refractivity contribution in [2.45, 2.75) is 37.8 Å². The van der Waals surface area contributed by atoms with Crippen LogP contribution in [0, 0.1) is 5.92 Å². The number of benzene rings is 2. The minimum Gasteiger partial charge on any atom is -0.393 e. The molecule has 1 saturated carbocycles. The number of aromatic nitrogens is 2. The molecule has 0 saturated heterocycles. The van der Waals surface area contributed by atoms with Crippen molar-refractivity contribution in [1.82, 2.24) is 15.3 Å². The molecule has 3 aromatic rings. The lowest BCUT2D eigenvalue weighted by molar-refractivity contribution is -0.127. The molecule has 134 valence electrons. The van der Waals surface area contributed by atoms with Crippen LogP contribution < -0.4 is 5.32 Å². The third-order valence-corrected chi connectivity index (χ3v) is 5.21. The first-order valence-electron chi connectivity index (χ1n) is 9.17. The van der Waals surface area contributed by atoms with Crippen LogP contribution in [0.5, 0.6) is 0 Å². The number of rotatable bonds is 4. The lowest BCUT2D eigenvalue weighted by Crippen LogP contribution is -2.37. The van der Waals surface area contributed by atoms with Gasteiger partial charge in [0.1, 0.15) is 0 Å². The van der Waals surface area contributed by atoms with E-state index in [1.165, 1.54) is 0 Å². The van der Waals surface area contributed by atoms with Gasteiger partial charge in [0.2, 0.25) is 5.91 Å². The van der Waals surface area contributed by atoms with Crippen molar-refractivity contribution >= 4 is 16.9 Å². The van der Waals surface area contributed by atoms with Gasteiger partial charge in [0, 0.05) is 5.92 Å². The third kappa shape index (κ3) is 3.48. The number of carbonyl (C=O) groups excluding carboxylic acids is 1. The van der Waals surface area contributed by atoms with Crippen LogP contribution in [0.4, 0.5) is 0 Å². The number of aliphatic hydroxyl groups is 1. The van der Waals surface area contributed by atoms with Crippen molar-refractivity contribution < 1.29 is 9.90 Å². The number of fused-ring (bicyclic) bond motifs is 1. The summed E-state index contributed by atoms with van der Waals surface area (Å²) in [4.78, 5) is 20.3. The second-order valence-electron chi connectivity index (χ2n) is 7.05. The number of H-pyrrole nitrogens is 1. The van der Waals surface area contributed by atoms with E-state index in [0.29, 0.717) is 6.42 Å². The lowest BCUT2D eigenvalue weighted by Gasteiger charge is -2.28. The van der Waals surface area contributed by atoms with Crippen LogP contribution in [0.15, 0.2) is 54.9 Å². The van der Waals surface area contributed by atoms with Crippen LogP contribution in [0.25, 0.3) is 11.0 Å². The molecule has 0 bridgehead atoms.